The molecule has 25 heavy (non-hydrogen) atoms. The average molecular weight is 346 g/mol. The standard InChI is InChI=1S/C17H22N4O4/c1-4-14(13-7-5-12(2)6-8-13)18-16(22)9-10-20-11-15(21(23)24)17(19-20)25-3/h5-8,11,14H,4,9-10H2,1-3H3,(H,18,22). The van der Waals surface area contributed by atoms with Crippen LogP contribution in [0.2, 0.25) is 0 Å². The van der Waals surface area contributed by atoms with Crippen LogP contribution in [-0.2, 0) is 11.3 Å². The van der Waals surface area contributed by atoms with Gasteiger partial charge in [-0.2, -0.15) is 0 Å². The molecule has 8 heteroatoms. The molecule has 1 aromatic heterocycles. The van der Waals surface area contributed by atoms with E-state index in [1.807, 2.05) is 38.1 Å². The number of hydrogen-bond acceptors (Lipinski definition) is 5. The highest BCUT2D eigenvalue weighted by molar-refractivity contribution is 5.76. The van der Waals surface area contributed by atoms with Crippen LogP contribution in [0.1, 0.15) is 36.9 Å². The number of benzene rings is 1. The van der Waals surface area contributed by atoms with Gasteiger partial charge < -0.3 is 10.1 Å². The maximum atomic E-state index is 12.2. The van der Waals surface area contributed by atoms with E-state index >= 15 is 0 Å². The van der Waals surface area contributed by atoms with Gasteiger partial charge in [-0.05, 0) is 18.9 Å². The predicted molar refractivity (Wildman–Crippen MR) is 92.4 cm³/mol. The van der Waals surface area contributed by atoms with E-state index in [1.165, 1.54) is 23.6 Å². The van der Waals surface area contributed by atoms with Crippen LogP contribution in [0.3, 0.4) is 0 Å². The molecule has 0 fully saturated rings. The van der Waals surface area contributed by atoms with Gasteiger partial charge in [0.25, 0.3) is 0 Å². The lowest BCUT2D eigenvalue weighted by Crippen LogP contribution is -2.28. The first-order valence-electron chi connectivity index (χ1n) is 8.06. The molecule has 2 aromatic rings. The lowest BCUT2D eigenvalue weighted by atomic mass is 10.0. The van der Waals surface area contributed by atoms with Crippen molar-refractivity contribution in [3.05, 3.63) is 51.7 Å². The summed E-state index contributed by atoms with van der Waals surface area (Å²) in [7, 11) is 1.32. The smallest absolute Gasteiger partial charge is 0.350 e. The number of carbonyl (C=O) groups excluding carboxylic acids is 1. The molecule has 1 unspecified atom stereocenters. The Morgan fingerprint density at radius 1 is 1.40 bits per heavy atom. The van der Waals surface area contributed by atoms with Gasteiger partial charge in [0, 0.05) is 6.42 Å². The topological polar surface area (TPSA) is 99.3 Å². The number of amides is 1. The van der Waals surface area contributed by atoms with Gasteiger partial charge in [0.05, 0.1) is 24.6 Å². The SMILES string of the molecule is CCC(NC(=O)CCn1cc([N+](=O)[O-])c(OC)n1)c1ccc(C)cc1. The highest BCUT2D eigenvalue weighted by Gasteiger charge is 2.20. The number of rotatable bonds is 8. The van der Waals surface area contributed by atoms with Crippen molar-refractivity contribution in [1.82, 2.24) is 15.1 Å². The van der Waals surface area contributed by atoms with Crippen molar-refractivity contribution >= 4 is 11.6 Å². The van der Waals surface area contributed by atoms with E-state index in [9.17, 15) is 14.9 Å². The van der Waals surface area contributed by atoms with Crippen molar-refractivity contribution in [3.63, 3.8) is 0 Å². The van der Waals surface area contributed by atoms with Crippen molar-refractivity contribution in [1.29, 1.82) is 0 Å². The first-order chi connectivity index (χ1) is 11.9. The third kappa shape index (κ3) is 4.79. The summed E-state index contributed by atoms with van der Waals surface area (Å²) in [6.45, 7) is 4.26. The second-order valence-electron chi connectivity index (χ2n) is 5.73. The maximum absolute atomic E-state index is 12.2. The normalized spacial score (nSPS) is 11.8. The summed E-state index contributed by atoms with van der Waals surface area (Å²) in [6, 6.07) is 7.98. The molecule has 0 radical (unpaired) electrons. The van der Waals surface area contributed by atoms with Gasteiger partial charge in [0.2, 0.25) is 5.91 Å². The zero-order valence-electron chi connectivity index (χ0n) is 14.6. The van der Waals surface area contributed by atoms with Crippen molar-refractivity contribution in [2.24, 2.45) is 0 Å². The van der Waals surface area contributed by atoms with Crippen LogP contribution >= 0.6 is 0 Å². The Hall–Kier alpha value is -2.90. The van der Waals surface area contributed by atoms with Crippen LogP contribution < -0.4 is 10.1 Å². The van der Waals surface area contributed by atoms with E-state index in [2.05, 4.69) is 10.4 Å². The first kappa shape index (κ1) is 18.4. The Labute approximate surface area is 145 Å². The highest BCUT2D eigenvalue weighted by atomic mass is 16.6. The molecule has 1 N–H and O–H groups in total. The van der Waals surface area contributed by atoms with Crippen molar-refractivity contribution in [3.8, 4) is 5.88 Å². The Morgan fingerprint density at radius 3 is 2.60 bits per heavy atom. The minimum absolute atomic E-state index is 0.0588. The number of nitrogens with zero attached hydrogens (tertiary/aromatic N) is 3. The van der Waals surface area contributed by atoms with Gasteiger partial charge in [-0.3, -0.25) is 19.6 Å². The quantitative estimate of drug-likeness (QED) is 0.585. The molecule has 1 amide bonds. The third-order valence-electron chi connectivity index (χ3n) is 3.89. The summed E-state index contributed by atoms with van der Waals surface area (Å²) in [6.07, 6.45) is 2.21. The van der Waals surface area contributed by atoms with Gasteiger partial charge in [-0.15, -0.1) is 5.10 Å². The van der Waals surface area contributed by atoms with Crippen LogP contribution in [0, 0.1) is 17.0 Å². The lowest BCUT2D eigenvalue weighted by Gasteiger charge is -2.17. The molecule has 0 aliphatic rings. The van der Waals surface area contributed by atoms with E-state index in [0.717, 1.165) is 12.0 Å². The van der Waals surface area contributed by atoms with E-state index in [1.54, 1.807) is 0 Å². The molecule has 2 rings (SSSR count). The number of aromatic nitrogens is 2. The average Bonchev–Trinajstić information content (AvgIpc) is 3.02. The lowest BCUT2D eigenvalue weighted by molar-refractivity contribution is -0.385. The van der Waals surface area contributed by atoms with E-state index < -0.39 is 4.92 Å². The number of nitro groups is 1. The number of hydrogen-bond donors (Lipinski definition) is 1. The molecule has 0 aliphatic carbocycles. The fourth-order valence-electron chi connectivity index (χ4n) is 2.48. The van der Waals surface area contributed by atoms with E-state index in [0.29, 0.717) is 0 Å². The van der Waals surface area contributed by atoms with Crippen LogP contribution in [0.5, 0.6) is 5.88 Å². The summed E-state index contributed by atoms with van der Waals surface area (Å²) in [5, 5.41) is 17.8. The molecule has 0 spiro atoms. The van der Waals surface area contributed by atoms with E-state index in [-0.39, 0.29) is 36.5 Å². The second kappa shape index (κ2) is 8.27. The summed E-state index contributed by atoms with van der Waals surface area (Å²) in [5.41, 5.74) is 2.01. The second-order valence-corrected chi connectivity index (χ2v) is 5.73. The molecular weight excluding hydrogens is 324 g/mol. The van der Waals surface area contributed by atoms with Gasteiger partial charge in [0.1, 0.15) is 6.20 Å². The molecule has 1 heterocycles. The highest BCUT2D eigenvalue weighted by Crippen LogP contribution is 2.24. The number of ether oxygens (including phenoxy) is 1. The molecule has 1 aromatic carbocycles. The summed E-state index contributed by atoms with van der Waals surface area (Å²) < 4.78 is 6.22. The molecule has 134 valence electrons. The van der Waals surface area contributed by atoms with Crippen LogP contribution in [0.4, 0.5) is 5.69 Å². The molecule has 0 saturated carbocycles. The predicted octanol–water partition coefficient (Wildman–Crippen LogP) is 2.77. The molecule has 0 bridgehead atoms. The van der Waals surface area contributed by atoms with Gasteiger partial charge in [0.15, 0.2) is 0 Å². The summed E-state index contributed by atoms with van der Waals surface area (Å²) in [5.74, 6) is -0.193. The van der Waals surface area contributed by atoms with Crippen LogP contribution in [0.25, 0.3) is 0 Å². The fraction of sp³-hybridized carbons (Fsp3) is 0.412. The zero-order valence-corrected chi connectivity index (χ0v) is 14.6. The summed E-state index contributed by atoms with van der Waals surface area (Å²) >= 11 is 0. The van der Waals surface area contributed by atoms with Crippen molar-refractivity contribution in [2.45, 2.75) is 39.3 Å². The maximum Gasteiger partial charge on any atom is 0.350 e. The fourth-order valence-corrected chi connectivity index (χ4v) is 2.48. The van der Waals surface area contributed by atoms with Crippen LogP contribution in [0.15, 0.2) is 30.5 Å². The van der Waals surface area contributed by atoms with Crippen molar-refractivity contribution in [2.75, 3.05) is 7.11 Å². The monoisotopic (exact) mass is 346 g/mol. The summed E-state index contributed by atoms with van der Waals surface area (Å²) in [4.78, 5) is 22.5. The number of nitrogens with one attached hydrogen (secondary N) is 1. The number of aryl methyl sites for hydroxylation is 2. The van der Waals surface area contributed by atoms with Gasteiger partial charge >= 0.3 is 11.6 Å². The minimum Gasteiger partial charge on any atom is -0.475 e. The molecule has 8 nitrogen and oxygen atoms in total. The van der Waals surface area contributed by atoms with Gasteiger partial charge in [-0.1, -0.05) is 36.8 Å². The third-order valence-corrected chi connectivity index (χ3v) is 3.89. The van der Waals surface area contributed by atoms with Gasteiger partial charge in [-0.25, -0.2) is 0 Å². The van der Waals surface area contributed by atoms with E-state index in [4.69, 9.17) is 4.74 Å². The Bertz CT molecular complexity index is 740. The molecule has 1 atom stereocenters. The Morgan fingerprint density at radius 2 is 2.08 bits per heavy atom. The first-order valence-corrected chi connectivity index (χ1v) is 8.06. The number of carbonyl (C=O) groups is 1. The molecule has 0 aliphatic heterocycles. The number of methoxy groups -OCH3 is 1. The van der Waals surface area contributed by atoms with Crippen LogP contribution in [-0.4, -0.2) is 27.7 Å². The largest absolute Gasteiger partial charge is 0.475 e. The zero-order chi connectivity index (χ0) is 18.4. The Kier molecular flexibility index (Phi) is 6.10. The van der Waals surface area contributed by atoms with Crippen molar-refractivity contribution < 1.29 is 14.5 Å². The Balaban J connectivity index is 1.95. The minimum atomic E-state index is -0.563. The molecular formula is C17H22N4O4. The molecule has 0 saturated heterocycles.